The monoisotopic (exact) mass is 359 g/mol. The van der Waals surface area contributed by atoms with Crippen LogP contribution in [0.1, 0.15) is 18.2 Å². The van der Waals surface area contributed by atoms with Gasteiger partial charge in [0, 0.05) is 18.2 Å². The Morgan fingerprint density at radius 1 is 1.38 bits per heavy atom. The van der Waals surface area contributed by atoms with Gasteiger partial charge in [-0.2, -0.15) is 4.98 Å². The largest absolute Gasteiger partial charge is 0.394 e. The first-order chi connectivity index (χ1) is 12.6. The summed E-state index contributed by atoms with van der Waals surface area (Å²) in [5.41, 5.74) is 1.29. The highest BCUT2D eigenvalue weighted by atomic mass is 16.7. The third-order valence-electron chi connectivity index (χ3n) is 4.28. The average Bonchev–Trinajstić information content (AvgIpc) is 3.21. The molecule has 0 spiro atoms. The Hall–Kier alpha value is -2.82. The second-order valence-electron chi connectivity index (χ2n) is 6.08. The normalized spacial score (nSPS) is 22.8. The molecule has 3 heterocycles. The molecule has 0 radical (unpaired) electrons. The van der Waals surface area contributed by atoms with Gasteiger partial charge in [-0.25, -0.2) is 4.79 Å². The van der Waals surface area contributed by atoms with Crippen LogP contribution in [0.3, 0.4) is 0 Å². The van der Waals surface area contributed by atoms with Crippen molar-refractivity contribution in [2.75, 3.05) is 6.61 Å². The third kappa shape index (κ3) is 2.83. The van der Waals surface area contributed by atoms with Gasteiger partial charge in [-0.3, -0.25) is 4.57 Å². The Kier molecular flexibility index (Phi) is 4.15. The summed E-state index contributed by atoms with van der Waals surface area (Å²) in [5.74, 6) is 0.0964. The molecule has 3 atom stereocenters. The van der Waals surface area contributed by atoms with Gasteiger partial charge in [0.05, 0.1) is 12.7 Å². The third-order valence-corrected chi connectivity index (χ3v) is 4.28. The van der Waals surface area contributed by atoms with E-state index in [1.807, 2.05) is 12.1 Å². The molecule has 0 saturated carbocycles. The molecule has 3 aromatic rings. The quantitative estimate of drug-likeness (QED) is 0.655. The molecule has 1 aromatic carbocycles. The number of benzene rings is 1. The van der Waals surface area contributed by atoms with E-state index in [1.165, 1.54) is 9.41 Å². The number of hydrogen-bond donors (Lipinski definition) is 2. The highest BCUT2D eigenvalue weighted by molar-refractivity contribution is 5.73. The van der Waals surface area contributed by atoms with Crippen LogP contribution in [0.25, 0.3) is 11.0 Å². The van der Waals surface area contributed by atoms with Gasteiger partial charge in [-0.05, 0) is 24.3 Å². The fourth-order valence-corrected chi connectivity index (χ4v) is 2.90. The first-order valence-corrected chi connectivity index (χ1v) is 8.10. The van der Waals surface area contributed by atoms with E-state index in [-0.39, 0.29) is 18.9 Å². The van der Waals surface area contributed by atoms with E-state index >= 15 is 0 Å². The van der Waals surface area contributed by atoms with Crippen LogP contribution >= 0.6 is 0 Å². The number of aliphatic hydroxyl groups is 2. The Bertz CT molecular complexity index is 1000. The predicted molar refractivity (Wildman–Crippen MR) is 88.4 cm³/mol. The topological polar surface area (TPSA) is 125 Å². The van der Waals surface area contributed by atoms with Crippen LogP contribution in [0, 0.1) is 6.92 Å². The van der Waals surface area contributed by atoms with E-state index in [4.69, 9.17) is 9.57 Å². The summed E-state index contributed by atoms with van der Waals surface area (Å²) < 4.78 is 6.78. The van der Waals surface area contributed by atoms with Gasteiger partial charge in [0.25, 0.3) is 5.88 Å². The molecule has 0 aliphatic carbocycles. The maximum Gasteiger partial charge on any atom is 0.353 e. The molecule has 4 rings (SSSR count). The van der Waals surface area contributed by atoms with Crippen molar-refractivity contribution >= 4 is 11.0 Å². The maximum atomic E-state index is 12.4. The summed E-state index contributed by atoms with van der Waals surface area (Å²) in [7, 11) is 0. The first kappa shape index (κ1) is 16.6. The summed E-state index contributed by atoms with van der Waals surface area (Å²) in [4.78, 5) is 23.1. The number of nitrogens with zero attached hydrogens (tertiary/aromatic N) is 5. The average molecular weight is 359 g/mol. The molecule has 2 N–H and O–H groups in total. The lowest BCUT2D eigenvalue weighted by Crippen LogP contribution is -2.29. The Balaban J connectivity index is 1.63. The minimum absolute atomic E-state index is 0.0964. The highest BCUT2D eigenvalue weighted by Crippen LogP contribution is 2.28. The van der Waals surface area contributed by atoms with E-state index < -0.39 is 24.1 Å². The molecule has 136 valence electrons. The number of fused-ring (bicyclic) bond motifs is 1. The van der Waals surface area contributed by atoms with Crippen molar-refractivity contribution in [3.8, 4) is 5.88 Å². The maximum absolute atomic E-state index is 12.4. The van der Waals surface area contributed by atoms with Crippen molar-refractivity contribution in [3.63, 3.8) is 0 Å². The molecular weight excluding hydrogens is 342 g/mol. The van der Waals surface area contributed by atoms with Crippen molar-refractivity contribution in [3.05, 3.63) is 46.5 Å². The molecule has 26 heavy (non-hydrogen) atoms. The van der Waals surface area contributed by atoms with Crippen molar-refractivity contribution in [2.45, 2.75) is 31.8 Å². The van der Waals surface area contributed by atoms with Gasteiger partial charge in [-0.1, -0.05) is 17.0 Å². The number of para-hydroxylation sites is 1. The fraction of sp³-hybridized carbons (Fsp3) is 0.375. The summed E-state index contributed by atoms with van der Waals surface area (Å²) in [6.45, 7) is 1.41. The second kappa shape index (κ2) is 6.48. The lowest BCUT2D eigenvalue weighted by atomic mass is 10.2. The van der Waals surface area contributed by atoms with Crippen LogP contribution in [0.5, 0.6) is 5.88 Å². The smallest absolute Gasteiger partial charge is 0.353 e. The lowest BCUT2D eigenvalue weighted by Gasteiger charge is -2.15. The van der Waals surface area contributed by atoms with Crippen LogP contribution in [0.4, 0.5) is 0 Å². The van der Waals surface area contributed by atoms with Crippen LogP contribution in [-0.4, -0.2) is 53.7 Å². The van der Waals surface area contributed by atoms with Gasteiger partial charge < -0.3 is 19.8 Å². The molecule has 10 nitrogen and oxygen atoms in total. The predicted octanol–water partition coefficient (Wildman–Crippen LogP) is -0.221. The number of ether oxygens (including phenoxy) is 1. The minimum atomic E-state index is -0.838. The summed E-state index contributed by atoms with van der Waals surface area (Å²) in [6, 6.07) is 7.24. The van der Waals surface area contributed by atoms with Gasteiger partial charge >= 0.3 is 5.69 Å². The van der Waals surface area contributed by atoms with Crippen molar-refractivity contribution in [1.29, 1.82) is 0 Å². The molecule has 1 unspecified atom stereocenters. The summed E-state index contributed by atoms with van der Waals surface area (Å²) >= 11 is 0. The van der Waals surface area contributed by atoms with Crippen LogP contribution < -0.4 is 10.5 Å². The van der Waals surface area contributed by atoms with Gasteiger partial charge in [0.1, 0.15) is 23.4 Å². The van der Waals surface area contributed by atoms with Crippen molar-refractivity contribution < 1.29 is 19.8 Å². The van der Waals surface area contributed by atoms with E-state index in [1.54, 1.807) is 25.3 Å². The number of hydrogen-bond acceptors (Lipinski definition) is 8. The molecule has 1 aliphatic heterocycles. The molecule has 0 bridgehead atoms. The number of aliphatic hydroxyl groups excluding tert-OH is 2. The van der Waals surface area contributed by atoms with Crippen LogP contribution in [-0.2, 0) is 4.74 Å². The van der Waals surface area contributed by atoms with E-state index in [2.05, 4.69) is 15.3 Å². The molecular formula is C16H17N5O5. The lowest BCUT2D eigenvalue weighted by molar-refractivity contribution is -0.0460. The van der Waals surface area contributed by atoms with Gasteiger partial charge in [0.2, 0.25) is 0 Å². The molecule has 1 aliphatic rings. The number of rotatable bonds is 4. The number of aryl methyl sites for hydroxylation is 1. The number of aromatic nitrogens is 5. The van der Waals surface area contributed by atoms with Gasteiger partial charge in [0.15, 0.2) is 0 Å². The van der Waals surface area contributed by atoms with Gasteiger partial charge in [-0.15, -0.1) is 5.10 Å². The Morgan fingerprint density at radius 3 is 2.96 bits per heavy atom. The minimum Gasteiger partial charge on any atom is -0.394 e. The van der Waals surface area contributed by atoms with Crippen molar-refractivity contribution in [2.24, 2.45) is 0 Å². The van der Waals surface area contributed by atoms with Crippen LogP contribution in [0.15, 0.2) is 35.3 Å². The van der Waals surface area contributed by atoms with Crippen molar-refractivity contribution in [1.82, 2.24) is 24.7 Å². The first-order valence-electron chi connectivity index (χ1n) is 8.10. The zero-order valence-corrected chi connectivity index (χ0v) is 13.9. The Labute approximate surface area is 147 Å². The van der Waals surface area contributed by atoms with E-state index in [0.29, 0.717) is 16.6 Å². The molecule has 1 saturated heterocycles. The molecule has 0 amide bonds. The summed E-state index contributed by atoms with van der Waals surface area (Å²) in [6.07, 6.45) is -0.512. The fourth-order valence-electron chi connectivity index (χ4n) is 2.90. The second-order valence-corrected chi connectivity index (χ2v) is 6.08. The molecule has 1 fully saturated rings. The zero-order valence-electron chi connectivity index (χ0n) is 13.9. The highest BCUT2D eigenvalue weighted by Gasteiger charge is 2.35. The van der Waals surface area contributed by atoms with Crippen LogP contribution in [0.2, 0.25) is 0 Å². The van der Waals surface area contributed by atoms with E-state index in [0.717, 1.165) is 0 Å². The standard InChI is InChI=1S/C16H17N5O5/c1-9-7-20(14-6-12(23)13(8-22)25-14)16(24)17-15(9)26-21-11-5-3-2-4-10(11)18-19-21/h2-5,7,12-14,22-23H,6,8H2,1H3/t12?,13-,14-/m1/s1. The zero-order chi connectivity index (χ0) is 18.3. The SMILES string of the molecule is Cc1cn([C@H]2CC(O)[C@@H](CO)O2)c(=O)nc1On1nnc2ccccc21. The Morgan fingerprint density at radius 2 is 2.19 bits per heavy atom. The summed E-state index contributed by atoms with van der Waals surface area (Å²) in [5, 5.41) is 26.9. The molecule has 2 aromatic heterocycles. The molecule has 10 heteroatoms. The van der Waals surface area contributed by atoms with E-state index in [9.17, 15) is 15.0 Å².